The van der Waals surface area contributed by atoms with Gasteiger partial charge in [0.1, 0.15) is 6.17 Å². The Labute approximate surface area is 174 Å². The van der Waals surface area contributed by atoms with Gasteiger partial charge in [0, 0.05) is 42.4 Å². The number of benzene rings is 1. The predicted octanol–water partition coefficient (Wildman–Crippen LogP) is 2.78. The molecule has 1 unspecified atom stereocenters. The molecule has 1 atom stereocenters. The second kappa shape index (κ2) is 7.62. The molecule has 7 nitrogen and oxygen atoms in total. The van der Waals surface area contributed by atoms with Crippen LogP contribution < -0.4 is 5.32 Å². The Balaban J connectivity index is 1.75. The van der Waals surface area contributed by atoms with E-state index in [1.807, 2.05) is 19.0 Å². The third-order valence-corrected chi connectivity index (χ3v) is 7.82. The Morgan fingerprint density at radius 1 is 1.18 bits per heavy atom. The number of aliphatic imine (C=N–C) groups is 1. The Morgan fingerprint density at radius 3 is 2.50 bits per heavy atom. The molecule has 0 bridgehead atoms. The molecule has 1 aromatic heterocycles. The van der Waals surface area contributed by atoms with E-state index >= 15 is 0 Å². The van der Waals surface area contributed by atoms with Gasteiger partial charge >= 0.3 is 0 Å². The van der Waals surface area contributed by atoms with E-state index in [-0.39, 0.29) is 11.1 Å². The number of nitrogens with zero attached hydrogens (tertiary/aromatic N) is 4. The molecule has 28 heavy (non-hydrogen) atoms. The van der Waals surface area contributed by atoms with Gasteiger partial charge in [0.15, 0.2) is 5.82 Å². The SMILES string of the molecule is CNC1CCN(C2c3c(Br)cn(S(=O)(=O)c4ccccc4)c3N=CN2C)CC1. The first-order valence-corrected chi connectivity index (χ1v) is 11.6. The number of hydrogen-bond donors (Lipinski definition) is 1. The molecule has 2 aromatic rings. The third-order valence-electron chi connectivity index (χ3n) is 5.53. The highest BCUT2D eigenvalue weighted by atomic mass is 79.9. The lowest BCUT2D eigenvalue weighted by molar-refractivity contribution is 0.0766. The molecule has 0 saturated carbocycles. The fourth-order valence-corrected chi connectivity index (χ4v) is 6.07. The summed E-state index contributed by atoms with van der Waals surface area (Å²) >= 11 is 3.60. The van der Waals surface area contributed by atoms with E-state index in [0.717, 1.165) is 36.0 Å². The van der Waals surface area contributed by atoms with Gasteiger partial charge in [-0.3, -0.25) is 4.90 Å². The zero-order chi connectivity index (χ0) is 19.9. The topological polar surface area (TPSA) is 69.9 Å². The van der Waals surface area contributed by atoms with Crippen LogP contribution in [0.25, 0.3) is 0 Å². The lowest BCUT2D eigenvalue weighted by Gasteiger charge is -2.42. The molecule has 9 heteroatoms. The van der Waals surface area contributed by atoms with Crippen LogP contribution in [0.2, 0.25) is 0 Å². The van der Waals surface area contributed by atoms with Crippen LogP contribution in [0.1, 0.15) is 24.6 Å². The lowest BCUT2D eigenvalue weighted by Crippen LogP contribution is -2.47. The highest BCUT2D eigenvalue weighted by Gasteiger charge is 2.36. The second-order valence-electron chi connectivity index (χ2n) is 7.21. The summed E-state index contributed by atoms with van der Waals surface area (Å²) in [5, 5.41) is 3.35. The van der Waals surface area contributed by atoms with E-state index in [4.69, 9.17) is 0 Å². The molecule has 2 aliphatic rings. The van der Waals surface area contributed by atoms with Crippen molar-refractivity contribution >= 4 is 38.1 Å². The van der Waals surface area contributed by atoms with Crippen molar-refractivity contribution in [2.24, 2.45) is 4.99 Å². The van der Waals surface area contributed by atoms with Gasteiger partial charge in [-0.1, -0.05) is 18.2 Å². The highest BCUT2D eigenvalue weighted by Crippen LogP contribution is 2.43. The standard InChI is InChI=1S/C19H24BrN5O2S/c1-21-14-8-10-24(11-9-14)19-17-16(20)12-25(18(17)22-13-23(19)2)28(26,27)15-6-4-3-5-7-15/h3-7,12-14,19,21H,8-11H2,1-2H3. The summed E-state index contributed by atoms with van der Waals surface area (Å²) in [6, 6.07) is 9.00. The molecule has 1 fully saturated rings. The number of rotatable bonds is 4. The molecule has 1 aromatic carbocycles. The molecule has 0 radical (unpaired) electrons. The number of piperidine rings is 1. The summed E-state index contributed by atoms with van der Waals surface area (Å²) in [5.74, 6) is 0.467. The molecule has 4 rings (SSSR count). The minimum Gasteiger partial charge on any atom is -0.346 e. The molecule has 150 valence electrons. The van der Waals surface area contributed by atoms with Crippen LogP contribution in [0, 0.1) is 0 Å². The van der Waals surface area contributed by atoms with Gasteiger partial charge in [0.2, 0.25) is 0 Å². The van der Waals surface area contributed by atoms with Gasteiger partial charge in [0.25, 0.3) is 10.0 Å². The first kappa shape index (κ1) is 19.6. The fraction of sp³-hybridized carbons (Fsp3) is 0.421. The largest absolute Gasteiger partial charge is 0.346 e. The second-order valence-corrected chi connectivity index (χ2v) is 9.88. The number of aromatic nitrogens is 1. The number of nitrogens with one attached hydrogen (secondary N) is 1. The zero-order valence-corrected chi connectivity index (χ0v) is 18.3. The fourth-order valence-electron chi connectivity index (χ4n) is 4.00. The molecule has 1 N–H and O–H groups in total. The molecule has 0 spiro atoms. The van der Waals surface area contributed by atoms with E-state index in [0.29, 0.717) is 11.9 Å². The van der Waals surface area contributed by atoms with Gasteiger partial charge in [-0.25, -0.2) is 17.4 Å². The van der Waals surface area contributed by atoms with Gasteiger partial charge in [-0.15, -0.1) is 0 Å². The summed E-state index contributed by atoms with van der Waals surface area (Å²) in [6.45, 7) is 1.88. The van der Waals surface area contributed by atoms with Crippen molar-refractivity contribution < 1.29 is 8.42 Å². The van der Waals surface area contributed by atoms with Crippen molar-refractivity contribution in [3.05, 3.63) is 46.6 Å². The van der Waals surface area contributed by atoms with Crippen LogP contribution in [0.4, 0.5) is 5.82 Å². The molecule has 0 amide bonds. The number of hydrogen-bond acceptors (Lipinski definition) is 6. The van der Waals surface area contributed by atoms with Crippen molar-refractivity contribution in [2.45, 2.75) is 29.9 Å². The van der Waals surface area contributed by atoms with E-state index in [2.05, 4.69) is 31.1 Å². The van der Waals surface area contributed by atoms with E-state index < -0.39 is 10.0 Å². The molecule has 1 saturated heterocycles. The van der Waals surface area contributed by atoms with Gasteiger partial charge in [-0.2, -0.15) is 0 Å². The van der Waals surface area contributed by atoms with Crippen LogP contribution in [-0.2, 0) is 10.0 Å². The maximum absolute atomic E-state index is 13.2. The first-order chi connectivity index (χ1) is 13.4. The molecule has 0 aliphatic carbocycles. The van der Waals surface area contributed by atoms with Crippen LogP contribution in [0.15, 0.2) is 50.9 Å². The smallest absolute Gasteiger partial charge is 0.269 e. The Bertz CT molecular complexity index is 981. The van der Waals surface area contributed by atoms with E-state index in [9.17, 15) is 8.42 Å². The minimum atomic E-state index is -3.72. The summed E-state index contributed by atoms with van der Waals surface area (Å²) in [4.78, 5) is 9.17. The van der Waals surface area contributed by atoms with Crippen molar-refractivity contribution in [3.63, 3.8) is 0 Å². The number of halogens is 1. The van der Waals surface area contributed by atoms with E-state index in [1.54, 1.807) is 42.9 Å². The van der Waals surface area contributed by atoms with Crippen molar-refractivity contribution in [2.75, 3.05) is 27.2 Å². The average Bonchev–Trinajstić information content (AvgIpc) is 3.06. The normalized spacial score (nSPS) is 21.1. The summed E-state index contributed by atoms with van der Waals surface area (Å²) in [7, 11) is 0.268. The van der Waals surface area contributed by atoms with Crippen LogP contribution in [-0.4, -0.2) is 61.8 Å². The summed E-state index contributed by atoms with van der Waals surface area (Å²) in [5.41, 5.74) is 0.896. The maximum Gasteiger partial charge on any atom is 0.269 e. The van der Waals surface area contributed by atoms with Crippen molar-refractivity contribution in [3.8, 4) is 0 Å². The van der Waals surface area contributed by atoms with Gasteiger partial charge in [0.05, 0.1) is 11.2 Å². The van der Waals surface area contributed by atoms with Crippen LogP contribution in [0.5, 0.6) is 0 Å². The summed E-state index contributed by atoms with van der Waals surface area (Å²) in [6.07, 6.45) is 5.42. The zero-order valence-electron chi connectivity index (χ0n) is 15.9. The maximum atomic E-state index is 13.2. The van der Waals surface area contributed by atoms with Crippen molar-refractivity contribution in [1.29, 1.82) is 0 Å². The van der Waals surface area contributed by atoms with Crippen molar-refractivity contribution in [1.82, 2.24) is 19.1 Å². The highest BCUT2D eigenvalue weighted by molar-refractivity contribution is 9.10. The van der Waals surface area contributed by atoms with Gasteiger partial charge < -0.3 is 10.2 Å². The number of fused-ring (bicyclic) bond motifs is 1. The van der Waals surface area contributed by atoms with Crippen LogP contribution in [0.3, 0.4) is 0 Å². The van der Waals surface area contributed by atoms with E-state index in [1.165, 1.54) is 3.97 Å². The molecule has 2 aliphatic heterocycles. The quantitative estimate of drug-likeness (QED) is 0.751. The third kappa shape index (κ3) is 3.30. The molecular weight excluding hydrogens is 442 g/mol. The minimum absolute atomic E-state index is 0.0492. The Morgan fingerprint density at radius 2 is 1.86 bits per heavy atom. The monoisotopic (exact) mass is 465 g/mol. The van der Waals surface area contributed by atoms with Gasteiger partial charge in [-0.05, 0) is 48.0 Å². The predicted molar refractivity (Wildman–Crippen MR) is 113 cm³/mol. The molecular formula is C19H24BrN5O2S. The summed E-state index contributed by atoms with van der Waals surface area (Å²) < 4.78 is 28.4. The van der Waals surface area contributed by atoms with Crippen LogP contribution >= 0.6 is 15.9 Å². The Kier molecular flexibility index (Phi) is 5.34. The Hall–Kier alpha value is -1.68. The number of likely N-dealkylation sites (tertiary alicyclic amines) is 1. The first-order valence-electron chi connectivity index (χ1n) is 9.32. The average molecular weight is 466 g/mol. The lowest BCUT2D eigenvalue weighted by atomic mass is 10.0. The molecule has 3 heterocycles.